The summed E-state index contributed by atoms with van der Waals surface area (Å²) in [5, 5.41) is 4.72. The van der Waals surface area contributed by atoms with Crippen LogP contribution in [0.5, 0.6) is 0 Å². The van der Waals surface area contributed by atoms with Gasteiger partial charge in [-0.15, -0.1) is 0 Å². The molecule has 0 saturated carbocycles. The normalized spacial score (nSPS) is 14.1. The highest BCUT2D eigenvalue weighted by Crippen LogP contribution is 2.10. The molecule has 0 spiro atoms. The summed E-state index contributed by atoms with van der Waals surface area (Å²) in [6, 6.07) is 10.1. The molecule has 1 aromatic rings. The average molecular weight is 260 g/mol. The number of carbonyl (C=O) groups excluding carboxylic acids is 2. The Morgan fingerprint density at radius 1 is 1.11 bits per heavy atom. The Morgan fingerprint density at radius 3 is 2.37 bits per heavy atom. The van der Waals surface area contributed by atoms with Crippen LogP contribution in [-0.2, 0) is 9.59 Å². The Balaban J connectivity index is 1.74. The highest BCUT2D eigenvalue weighted by molar-refractivity contribution is 6.45. The molecule has 1 aliphatic heterocycles. The van der Waals surface area contributed by atoms with Gasteiger partial charge in [-0.25, -0.2) is 0 Å². The maximum atomic E-state index is 10.9. The fourth-order valence-corrected chi connectivity index (χ4v) is 1.75. The van der Waals surface area contributed by atoms with Crippen molar-refractivity contribution in [2.75, 3.05) is 25.0 Å². The third-order valence-electron chi connectivity index (χ3n) is 2.79. The van der Waals surface area contributed by atoms with Crippen molar-refractivity contribution in [1.29, 1.82) is 0 Å². The first-order chi connectivity index (χ1) is 9.16. The van der Waals surface area contributed by atoms with Gasteiger partial charge in [-0.3, -0.25) is 25.2 Å². The van der Waals surface area contributed by atoms with Crippen LogP contribution in [0.25, 0.3) is 0 Å². The Labute approximate surface area is 111 Å². The predicted molar refractivity (Wildman–Crippen MR) is 72.9 cm³/mol. The Hall–Kier alpha value is -2.37. The van der Waals surface area contributed by atoms with E-state index in [0.29, 0.717) is 6.54 Å². The number of nitrogens with one attached hydrogen (secondary N) is 2. The lowest BCUT2D eigenvalue weighted by molar-refractivity contribution is -0.135. The van der Waals surface area contributed by atoms with Crippen molar-refractivity contribution >= 4 is 23.5 Å². The molecule has 6 heteroatoms. The van der Waals surface area contributed by atoms with E-state index >= 15 is 0 Å². The molecule has 100 valence electrons. The molecule has 1 heterocycles. The molecule has 0 aromatic heterocycles. The molecule has 1 aromatic carbocycles. The van der Waals surface area contributed by atoms with Gasteiger partial charge in [-0.2, -0.15) is 0 Å². The monoisotopic (exact) mass is 260 g/mol. The van der Waals surface area contributed by atoms with Gasteiger partial charge in [0.15, 0.2) is 0 Å². The summed E-state index contributed by atoms with van der Waals surface area (Å²) in [6.45, 7) is 1.40. The van der Waals surface area contributed by atoms with Gasteiger partial charge in [0, 0.05) is 25.8 Å². The summed E-state index contributed by atoms with van der Waals surface area (Å²) in [5.74, 6) is -1.06. The molecular formula is C13H16N4O2. The lowest BCUT2D eigenvalue weighted by atomic mass is 10.3. The van der Waals surface area contributed by atoms with E-state index in [0.717, 1.165) is 18.7 Å². The number of hydrogen-bond donors (Lipinski definition) is 2. The van der Waals surface area contributed by atoms with Gasteiger partial charge in [0.25, 0.3) is 0 Å². The molecule has 0 bridgehead atoms. The molecule has 0 radical (unpaired) electrons. The topological polar surface area (TPSA) is 73.8 Å². The van der Waals surface area contributed by atoms with E-state index in [1.807, 2.05) is 37.4 Å². The number of amides is 2. The SMILES string of the molecule is CN(CCCN=C1NC(=O)C(=O)N1)c1ccccc1. The van der Waals surface area contributed by atoms with Crippen molar-refractivity contribution in [3.05, 3.63) is 30.3 Å². The summed E-state index contributed by atoms with van der Waals surface area (Å²) >= 11 is 0. The second-order valence-corrected chi connectivity index (χ2v) is 4.25. The van der Waals surface area contributed by atoms with Gasteiger partial charge >= 0.3 is 11.8 Å². The molecule has 2 amide bonds. The molecule has 1 fully saturated rings. The van der Waals surface area contributed by atoms with Crippen molar-refractivity contribution in [1.82, 2.24) is 10.6 Å². The van der Waals surface area contributed by atoms with E-state index < -0.39 is 11.8 Å². The molecule has 6 nitrogen and oxygen atoms in total. The highest BCUT2D eigenvalue weighted by Gasteiger charge is 2.24. The van der Waals surface area contributed by atoms with Gasteiger partial charge in [0.05, 0.1) is 0 Å². The molecule has 1 saturated heterocycles. The van der Waals surface area contributed by atoms with E-state index in [-0.39, 0.29) is 5.96 Å². The first-order valence-electron chi connectivity index (χ1n) is 6.10. The second kappa shape index (κ2) is 5.99. The Bertz CT molecular complexity index is 481. The van der Waals surface area contributed by atoms with Crippen LogP contribution in [0, 0.1) is 0 Å². The largest absolute Gasteiger partial charge is 0.375 e. The number of guanidine groups is 1. The number of para-hydroxylation sites is 1. The van der Waals surface area contributed by atoms with E-state index in [2.05, 4.69) is 20.5 Å². The molecule has 0 unspecified atom stereocenters. The van der Waals surface area contributed by atoms with E-state index in [9.17, 15) is 9.59 Å². The second-order valence-electron chi connectivity index (χ2n) is 4.25. The van der Waals surface area contributed by atoms with Gasteiger partial charge in [0.2, 0.25) is 5.96 Å². The Morgan fingerprint density at radius 2 is 1.74 bits per heavy atom. The van der Waals surface area contributed by atoms with Gasteiger partial charge in [-0.05, 0) is 18.6 Å². The number of aliphatic imine (C=N–C) groups is 1. The molecule has 0 atom stereocenters. The van der Waals surface area contributed by atoms with Crippen LogP contribution in [0.15, 0.2) is 35.3 Å². The summed E-state index contributed by atoms with van der Waals surface area (Å²) in [6.07, 6.45) is 0.834. The molecular weight excluding hydrogens is 244 g/mol. The molecule has 0 aliphatic carbocycles. The van der Waals surface area contributed by atoms with Crippen LogP contribution in [0.3, 0.4) is 0 Å². The van der Waals surface area contributed by atoms with Crippen LogP contribution >= 0.6 is 0 Å². The number of carbonyl (C=O) groups is 2. The quantitative estimate of drug-likeness (QED) is 0.583. The zero-order valence-electron chi connectivity index (χ0n) is 10.7. The molecule has 19 heavy (non-hydrogen) atoms. The summed E-state index contributed by atoms with van der Waals surface area (Å²) in [7, 11) is 2.02. The smallest absolute Gasteiger partial charge is 0.316 e. The van der Waals surface area contributed by atoms with Gasteiger partial charge < -0.3 is 4.90 Å². The lowest BCUT2D eigenvalue weighted by Gasteiger charge is -2.18. The van der Waals surface area contributed by atoms with Crippen molar-refractivity contribution < 1.29 is 9.59 Å². The maximum Gasteiger partial charge on any atom is 0.316 e. The molecule has 1 aliphatic rings. The fraction of sp³-hybridized carbons (Fsp3) is 0.308. The van der Waals surface area contributed by atoms with Gasteiger partial charge in [0.1, 0.15) is 0 Å². The van der Waals surface area contributed by atoms with E-state index in [4.69, 9.17) is 0 Å². The minimum atomic E-state index is -0.653. The minimum absolute atomic E-state index is 0.248. The molecule has 2 N–H and O–H groups in total. The van der Waals surface area contributed by atoms with E-state index in [1.54, 1.807) is 0 Å². The number of benzene rings is 1. The lowest BCUT2D eigenvalue weighted by Crippen LogP contribution is -2.26. The number of hydrogen-bond acceptors (Lipinski definition) is 4. The van der Waals surface area contributed by atoms with Crippen LogP contribution in [0.2, 0.25) is 0 Å². The van der Waals surface area contributed by atoms with Crippen LogP contribution in [-0.4, -0.2) is 37.9 Å². The van der Waals surface area contributed by atoms with Crippen molar-refractivity contribution in [2.24, 2.45) is 4.99 Å². The number of anilines is 1. The Kier molecular flexibility index (Phi) is 4.12. The zero-order chi connectivity index (χ0) is 13.7. The van der Waals surface area contributed by atoms with Crippen LogP contribution in [0.4, 0.5) is 5.69 Å². The van der Waals surface area contributed by atoms with Crippen LogP contribution in [0.1, 0.15) is 6.42 Å². The summed E-state index contributed by atoms with van der Waals surface area (Å²) in [5.41, 5.74) is 1.15. The standard InChI is InChI=1S/C13H16N4O2/c1-17(10-6-3-2-4-7-10)9-5-8-14-13-15-11(18)12(19)16-13/h2-4,6-7H,5,8-9H2,1H3,(H2,14,15,16,18,19). The number of rotatable bonds is 5. The van der Waals surface area contributed by atoms with E-state index in [1.165, 1.54) is 0 Å². The molecule has 2 rings (SSSR count). The minimum Gasteiger partial charge on any atom is -0.375 e. The van der Waals surface area contributed by atoms with Crippen molar-refractivity contribution in [3.8, 4) is 0 Å². The fourth-order valence-electron chi connectivity index (χ4n) is 1.75. The third-order valence-corrected chi connectivity index (χ3v) is 2.79. The van der Waals surface area contributed by atoms with Crippen molar-refractivity contribution in [3.63, 3.8) is 0 Å². The number of nitrogens with zero attached hydrogens (tertiary/aromatic N) is 2. The predicted octanol–water partition coefficient (Wildman–Crippen LogP) is 0.115. The van der Waals surface area contributed by atoms with Gasteiger partial charge in [-0.1, -0.05) is 18.2 Å². The first kappa shape index (κ1) is 13.1. The first-order valence-corrected chi connectivity index (χ1v) is 6.10. The maximum absolute atomic E-state index is 10.9. The highest BCUT2D eigenvalue weighted by atomic mass is 16.2. The summed E-state index contributed by atoms with van der Waals surface area (Å²) in [4.78, 5) is 28.0. The average Bonchev–Trinajstić information content (AvgIpc) is 2.74. The summed E-state index contributed by atoms with van der Waals surface area (Å²) < 4.78 is 0. The zero-order valence-corrected chi connectivity index (χ0v) is 10.7. The third kappa shape index (κ3) is 3.54. The van der Waals surface area contributed by atoms with Crippen LogP contribution < -0.4 is 15.5 Å². The van der Waals surface area contributed by atoms with Crippen molar-refractivity contribution in [2.45, 2.75) is 6.42 Å².